The zero-order chi connectivity index (χ0) is 6.95. The Morgan fingerprint density at radius 2 is 0.571 bits per heavy atom. The van der Waals surface area contributed by atoms with Gasteiger partial charge in [0.1, 0.15) is 0 Å². The summed E-state index contributed by atoms with van der Waals surface area (Å²) in [7, 11) is 3.25. The van der Waals surface area contributed by atoms with Crippen molar-refractivity contribution in [1.82, 2.24) is 0 Å². The Balaban J connectivity index is -0.0000000186. The summed E-state index contributed by atoms with van der Waals surface area (Å²) < 4.78 is 4.25. The second-order valence-electron chi connectivity index (χ2n) is 1.56. The standard InChI is InChI=1S/C6H6.C2H6O.5BrH/c1-2-4-6-5-3-1;1-3-2;;;;;/h1-6H;1-2H3;5*1H. The summed E-state index contributed by atoms with van der Waals surface area (Å²) in [6.45, 7) is 0. The van der Waals surface area contributed by atoms with Crippen molar-refractivity contribution in [3.8, 4) is 0 Å². The minimum absolute atomic E-state index is 0. The molecule has 0 aliphatic heterocycles. The number of halogens is 5. The van der Waals surface area contributed by atoms with Gasteiger partial charge in [-0.2, -0.15) is 0 Å². The molecule has 0 aromatic heterocycles. The predicted octanol–water partition coefficient (Wildman–Crippen LogP) is 4.84. The molecule has 90 valence electrons. The molecule has 6 heteroatoms. The number of benzene rings is 1. The van der Waals surface area contributed by atoms with Gasteiger partial charge in [0.15, 0.2) is 0 Å². The van der Waals surface area contributed by atoms with Crippen LogP contribution in [0.15, 0.2) is 36.4 Å². The molecule has 0 amide bonds. The first-order valence-corrected chi connectivity index (χ1v) is 2.82. The van der Waals surface area contributed by atoms with Gasteiger partial charge in [0.2, 0.25) is 0 Å². The fourth-order valence-corrected chi connectivity index (χ4v) is 0.385. The monoisotopic (exact) mass is 524 g/mol. The molecule has 0 bridgehead atoms. The van der Waals surface area contributed by atoms with Crippen LogP contribution in [0.3, 0.4) is 0 Å². The highest BCUT2D eigenvalue weighted by molar-refractivity contribution is 8.93. The molecule has 14 heavy (non-hydrogen) atoms. The Labute approximate surface area is 139 Å². The summed E-state index contributed by atoms with van der Waals surface area (Å²) in [5.41, 5.74) is 0. The van der Waals surface area contributed by atoms with Gasteiger partial charge in [-0.1, -0.05) is 36.4 Å². The predicted molar refractivity (Wildman–Crippen MR) is 91.0 cm³/mol. The summed E-state index contributed by atoms with van der Waals surface area (Å²) >= 11 is 0. The quantitative estimate of drug-likeness (QED) is 0.468. The highest BCUT2D eigenvalue weighted by Crippen LogP contribution is 1.79. The second-order valence-corrected chi connectivity index (χ2v) is 1.56. The molecule has 0 aliphatic rings. The van der Waals surface area contributed by atoms with E-state index in [1.165, 1.54) is 0 Å². The van der Waals surface area contributed by atoms with Crippen LogP contribution < -0.4 is 0 Å². The van der Waals surface area contributed by atoms with Crippen molar-refractivity contribution in [3.05, 3.63) is 36.4 Å². The third-order valence-electron chi connectivity index (χ3n) is 0.667. The molecule has 0 spiro atoms. The first kappa shape index (κ1) is 36.1. The molecule has 1 nitrogen and oxygen atoms in total. The van der Waals surface area contributed by atoms with E-state index in [0.717, 1.165) is 0 Å². The van der Waals surface area contributed by atoms with Gasteiger partial charge < -0.3 is 4.74 Å². The molecule has 0 atom stereocenters. The Bertz CT molecular complexity index is 101. The molecule has 0 fully saturated rings. The average Bonchev–Trinajstić information content (AvgIpc) is 1.93. The summed E-state index contributed by atoms with van der Waals surface area (Å²) in [6.07, 6.45) is 0. The largest absolute Gasteiger partial charge is 0.388 e. The molecule has 0 heterocycles. The molecule has 1 rings (SSSR count). The summed E-state index contributed by atoms with van der Waals surface area (Å²) in [6, 6.07) is 12.0. The van der Waals surface area contributed by atoms with Crippen LogP contribution in [-0.4, -0.2) is 14.2 Å². The van der Waals surface area contributed by atoms with Crippen LogP contribution in [0.2, 0.25) is 0 Å². The second kappa shape index (κ2) is 36.5. The van der Waals surface area contributed by atoms with Crippen molar-refractivity contribution in [2.75, 3.05) is 14.2 Å². The smallest absolute Gasteiger partial charge is 0.0351 e. The fourth-order valence-electron chi connectivity index (χ4n) is 0.385. The molecule has 0 aliphatic carbocycles. The Morgan fingerprint density at radius 1 is 0.500 bits per heavy atom. The van der Waals surface area contributed by atoms with Gasteiger partial charge in [0.05, 0.1) is 0 Å². The van der Waals surface area contributed by atoms with Crippen LogP contribution in [0.25, 0.3) is 0 Å². The van der Waals surface area contributed by atoms with E-state index in [2.05, 4.69) is 4.74 Å². The molecule has 0 N–H and O–H groups in total. The normalized spacial score (nSPS) is 4.71. The molecule has 1 aromatic rings. The van der Waals surface area contributed by atoms with Gasteiger partial charge in [-0.05, 0) is 0 Å². The summed E-state index contributed by atoms with van der Waals surface area (Å²) in [5.74, 6) is 0. The van der Waals surface area contributed by atoms with Gasteiger partial charge in [-0.15, -0.1) is 84.9 Å². The molecular formula is C8H17Br5O. The third kappa shape index (κ3) is 37.4. The lowest BCUT2D eigenvalue weighted by atomic mass is 10.4. The maximum absolute atomic E-state index is 4.25. The van der Waals surface area contributed by atoms with E-state index in [9.17, 15) is 0 Å². The minimum Gasteiger partial charge on any atom is -0.388 e. The zero-order valence-corrected chi connectivity index (χ0v) is 16.5. The van der Waals surface area contributed by atoms with Gasteiger partial charge in [-0.3, -0.25) is 0 Å². The van der Waals surface area contributed by atoms with Crippen molar-refractivity contribution in [2.45, 2.75) is 0 Å². The van der Waals surface area contributed by atoms with Crippen molar-refractivity contribution in [1.29, 1.82) is 0 Å². The minimum atomic E-state index is 0. The van der Waals surface area contributed by atoms with Gasteiger partial charge in [0, 0.05) is 14.2 Å². The Hall–Kier alpha value is 1.58. The Morgan fingerprint density at radius 3 is 0.643 bits per heavy atom. The van der Waals surface area contributed by atoms with Crippen molar-refractivity contribution < 1.29 is 4.74 Å². The van der Waals surface area contributed by atoms with Crippen LogP contribution in [0.1, 0.15) is 0 Å². The first-order valence-electron chi connectivity index (χ1n) is 2.82. The van der Waals surface area contributed by atoms with Crippen molar-refractivity contribution in [2.24, 2.45) is 0 Å². The van der Waals surface area contributed by atoms with Crippen LogP contribution in [0, 0.1) is 0 Å². The van der Waals surface area contributed by atoms with E-state index < -0.39 is 0 Å². The van der Waals surface area contributed by atoms with Gasteiger partial charge in [0.25, 0.3) is 0 Å². The van der Waals surface area contributed by atoms with Crippen LogP contribution in [0.4, 0.5) is 0 Å². The topological polar surface area (TPSA) is 9.23 Å². The first-order chi connectivity index (χ1) is 4.41. The number of hydrogen-bond acceptors (Lipinski definition) is 1. The van der Waals surface area contributed by atoms with Crippen LogP contribution in [0.5, 0.6) is 0 Å². The zero-order valence-electron chi connectivity index (χ0n) is 7.91. The number of ether oxygens (including phenoxy) is 1. The maximum atomic E-state index is 4.25. The van der Waals surface area contributed by atoms with E-state index in [0.29, 0.717) is 0 Å². The lowest BCUT2D eigenvalue weighted by Crippen LogP contribution is -1.55. The number of hydrogen-bond donors (Lipinski definition) is 0. The fraction of sp³-hybridized carbons (Fsp3) is 0.250. The molecule has 1 aromatic carbocycles. The molecule has 0 saturated carbocycles. The van der Waals surface area contributed by atoms with E-state index in [1.54, 1.807) is 14.2 Å². The van der Waals surface area contributed by atoms with E-state index in [4.69, 9.17) is 0 Å². The lowest BCUT2D eigenvalue weighted by Gasteiger charge is -1.69. The maximum Gasteiger partial charge on any atom is 0.0351 e. The molecular weight excluding hydrogens is 512 g/mol. The highest BCUT2D eigenvalue weighted by Gasteiger charge is 1.57. The van der Waals surface area contributed by atoms with Crippen LogP contribution in [-0.2, 0) is 4.74 Å². The van der Waals surface area contributed by atoms with Crippen molar-refractivity contribution in [3.63, 3.8) is 0 Å². The average molecular weight is 529 g/mol. The van der Waals surface area contributed by atoms with Gasteiger partial charge >= 0.3 is 0 Å². The number of rotatable bonds is 0. The van der Waals surface area contributed by atoms with E-state index in [1.807, 2.05) is 36.4 Å². The van der Waals surface area contributed by atoms with E-state index in [-0.39, 0.29) is 84.9 Å². The summed E-state index contributed by atoms with van der Waals surface area (Å²) in [5, 5.41) is 0. The number of methoxy groups -OCH3 is 1. The Kier molecular flexibility index (Phi) is 94.1. The molecule has 0 radical (unpaired) electrons. The third-order valence-corrected chi connectivity index (χ3v) is 0.667. The lowest BCUT2D eigenvalue weighted by molar-refractivity contribution is 0.277. The SMILES string of the molecule is Br.Br.Br.Br.Br.COC.c1ccccc1. The highest BCUT2D eigenvalue weighted by atomic mass is 79.9. The molecule has 0 saturated heterocycles. The summed E-state index contributed by atoms with van der Waals surface area (Å²) in [4.78, 5) is 0. The molecule has 0 unspecified atom stereocenters. The van der Waals surface area contributed by atoms with Gasteiger partial charge in [-0.25, -0.2) is 0 Å². The van der Waals surface area contributed by atoms with Crippen molar-refractivity contribution >= 4 is 84.9 Å². The van der Waals surface area contributed by atoms with Crippen LogP contribution >= 0.6 is 84.9 Å². The van der Waals surface area contributed by atoms with E-state index >= 15 is 0 Å².